The monoisotopic (exact) mass is 319 g/mol. The lowest BCUT2D eigenvalue weighted by atomic mass is 10.2. The fourth-order valence-electron chi connectivity index (χ4n) is 1.80. The standard InChI is InChI=1S/C13H10F5N3O/c1-3-21-4-6(5(2)20-21)13(22)19-12-10(17)8(15)7(14)9(16)11(12)18/h4H,3H2,1-2H3,(H,19,22). The maximum atomic E-state index is 13.5. The Hall–Kier alpha value is -2.45. The van der Waals surface area contributed by atoms with Gasteiger partial charge in [-0.2, -0.15) is 5.10 Å². The van der Waals surface area contributed by atoms with Crippen LogP contribution in [0.2, 0.25) is 0 Å². The van der Waals surface area contributed by atoms with Crippen LogP contribution in [0, 0.1) is 36.0 Å². The van der Waals surface area contributed by atoms with E-state index in [2.05, 4.69) is 5.10 Å². The van der Waals surface area contributed by atoms with E-state index in [4.69, 9.17) is 0 Å². The highest BCUT2D eigenvalue weighted by Gasteiger charge is 2.27. The summed E-state index contributed by atoms with van der Waals surface area (Å²) in [5, 5.41) is 5.64. The molecule has 118 valence electrons. The third-order valence-corrected chi connectivity index (χ3v) is 2.96. The molecule has 0 bridgehead atoms. The minimum atomic E-state index is -2.29. The molecule has 1 amide bonds. The molecule has 0 atom stereocenters. The number of amides is 1. The zero-order valence-corrected chi connectivity index (χ0v) is 11.5. The highest BCUT2D eigenvalue weighted by molar-refractivity contribution is 6.05. The first-order valence-corrected chi connectivity index (χ1v) is 6.14. The molecule has 0 fully saturated rings. The molecule has 9 heteroatoms. The maximum Gasteiger partial charge on any atom is 0.259 e. The van der Waals surface area contributed by atoms with Gasteiger partial charge in [0.15, 0.2) is 23.3 Å². The summed E-state index contributed by atoms with van der Waals surface area (Å²) >= 11 is 0. The zero-order chi connectivity index (χ0) is 16.6. The van der Waals surface area contributed by atoms with Crippen molar-refractivity contribution in [1.29, 1.82) is 0 Å². The quantitative estimate of drug-likeness (QED) is 0.537. The Morgan fingerprint density at radius 2 is 1.59 bits per heavy atom. The van der Waals surface area contributed by atoms with Crippen LogP contribution in [0.4, 0.5) is 27.6 Å². The molecular weight excluding hydrogens is 309 g/mol. The summed E-state index contributed by atoms with van der Waals surface area (Å²) in [7, 11) is 0. The van der Waals surface area contributed by atoms with E-state index in [1.54, 1.807) is 12.2 Å². The molecule has 0 saturated heterocycles. The Balaban J connectivity index is 2.42. The minimum Gasteiger partial charge on any atom is -0.317 e. The summed E-state index contributed by atoms with van der Waals surface area (Å²) in [5.74, 6) is -11.8. The van der Waals surface area contributed by atoms with E-state index in [0.29, 0.717) is 6.54 Å². The van der Waals surface area contributed by atoms with Gasteiger partial charge in [-0.1, -0.05) is 0 Å². The molecule has 0 saturated carbocycles. The van der Waals surface area contributed by atoms with Gasteiger partial charge >= 0.3 is 0 Å². The van der Waals surface area contributed by atoms with Gasteiger partial charge in [-0.3, -0.25) is 9.48 Å². The summed E-state index contributed by atoms with van der Waals surface area (Å²) in [6, 6.07) is 0. The molecule has 0 spiro atoms. The Morgan fingerprint density at radius 1 is 1.09 bits per heavy atom. The fourth-order valence-corrected chi connectivity index (χ4v) is 1.80. The number of hydrogen-bond acceptors (Lipinski definition) is 2. The number of nitrogens with zero attached hydrogens (tertiary/aromatic N) is 2. The number of nitrogens with one attached hydrogen (secondary N) is 1. The van der Waals surface area contributed by atoms with Gasteiger partial charge in [0, 0.05) is 12.7 Å². The first-order chi connectivity index (χ1) is 10.3. The normalized spacial score (nSPS) is 10.9. The van der Waals surface area contributed by atoms with Crippen LogP contribution in [-0.2, 0) is 6.54 Å². The molecule has 1 N–H and O–H groups in total. The van der Waals surface area contributed by atoms with E-state index in [0.717, 1.165) is 0 Å². The molecule has 1 aromatic carbocycles. The Morgan fingerprint density at radius 3 is 2.05 bits per heavy atom. The van der Waals surface area contributed by atoms with Crippen LogP contribution in [0.1, 0.15) is 23.0 Å². The van der Waals surface area contributed by atoms with E-state index in [-0.39, 0.29) is 11.3 Å². The second-order valence-corrected chi connectivity index (χ2v) is 4.38. The van der Waals surface area contributed by atoms with Crippen molar-refractivity contribution in [2.75, 3.05) is 5.32 Å². The van der Waals surface area contributed by atoms with Gasteiger partial charge in [0.2, 0.25) is 5.82 Å². The molecule has 2 aromatic rings. The number of carbonyl (C=O) groups is 1. The number of carbonyl (C=O) groups excluding carboxylic acids is 1. The smallest absolute Gasteiger partial charge is 0.259 e. The molecule has 1 heterocycles. The Bertz CT molecular complexity index is 728. The van der Waals surface area contributed by atoms with Crippen LogP contribution in [0.3, 0.4) is 0 Å². The predicted molar refractivity (Wildman–Crippen MR) is 66.8 cm³/mol. The third kappa shape index (κ3) is 2.53. The van der Waals surface area contributed by atoms with Crippen LogP contribution < -0.4 is 5.32 Å². The highest BCUT2D eigenvalue weighted by atomic mass is 19.2. The Kier molecular flexibility index (Phi) is 4.16. The number of benzene rings is 1. The lowest BCUT2D eigenvalue weighted by Crippen LogP contribution is -2.17. The van der Waals surface area contributed by atoms with Gasteiger partial charge in [-0.15, -0.1) is 0 Å². The van der Waals surface area contributed by atoms with Crippen molar-refractivity contribution in [1.82, 2.24) is 9.78 Å². The molecule has 0 aliphatic heterocycles. The van der Waals surface area contributed by atoms with E-state index in [9.17, 15) is 26.7 Å². The van der Waals surface area contributed by atoms with Crippen LogP contribution in [0.25, 0.3) is 0 Å². The summed E-state index contributed by atoms with van der Waals surface area (Å²) in [6.45, 7) is 3.66. The van der Waals surface area contributed by atoms with Crippen molar-refractivity contribution in [3.63, 3.8) is 0 Å². The minimum absolute atomic E-state index is 0.0363. The van der Waals surface area contributed by atoms with Gasteiger partial charge in [0.05, 0.1) is 11.3 Å². The van der Waals surface area contributed by atoms with Crippen LogP contribution >= 0.6 is 0 Å². The van der Waals surface area contributed by atoms with Gasteiger partial charge < -0.3 is 5.32 Å². The van der Waals surface area contributed by atoms with Crippen LogP contribution in [0.15, 0.2) is 6.20 Å². The molecule has 2 rings (SSSR count). The van der Waals surface area contributed by atoms with Crippen molar-refractivity contribution in [2.24, 2.45) is 0 Å². The molecular formula is C13H10F5N3O. The number of halogens is 5. The summed E-state index contributed by atoms with van der Waals surface area (Å²) in [4.78, 5) is 11.9. The van der Waals surface area contributed by atoms with E-state index < -0.39 is 40.7 Å². The van der Waals surface area contributed by atoms with E-state index in [1.165, 1.54) is 17.8 Å². The molecule has 22 heavy (non-hydrogen) atoms. The van der Waals surface area contributed by atoms with Crippen LogP contribution in [-0.4, -0.2) is 15.7 Å². The van der Waals surface area contributed by atoms with Crippen molar-refractivity contribution in [3.05, 3.63) is 46.5 Å². The number of anilines is 1. The van der Waals surface area contributed by atoms with Gasteiger partial charge in [0.25, 0.3) is 5.91 Å². The second-order valence-electron chi connectivity index (χ2n) is 4.38. The lowest BCUT2D eigenvalue weighted by molar-refractivity contribution is 0.102. The topological polar surface area (TPSA) is 46.9 Å². The molecule has 0 unspecified atom stereocenters. The van der Waals surface area contributed by atoms with Gasteiger partial charge in [0.1, 0.15) is 5.69 Å². The summed E-state index contributed by atoms with van der Waals surface area (Å²) in [6.07, 6.45) is 1.30. The maximum absolute atomic E-state index is 13.5. The largest absolute Gasteiger partial charge is 0.317 e. The fraction of sp³-hybridized carbons (Fsp3) is 0.231. The van der Waals surface area contributed by atoms with Crippen molar-refractivity contribution < 1.29 is 26.7 Å². The van der Waals surface area contributed by atoms with Crippen molar-refractivity contribution in [3.8, 4) is 0 Å². The Labute approximate surface area is 121 Å². The predicted octanol–water partition coefficient (Wildman–Crippen LogP) is 3.16. The van der Waals surface area contributed by atoms with Crippen molar-refractivity contribution >= 4 is 11.6 Å². The van der Waals surface area contributed by atoms with Crippen LogP contribution in [0.5, 0.6) is 0 Å². The average Bonchev–Trinajstić information content (AvgIpc) is 2.88. The van der Waals surface area contributed by atoms with E-state index in [1.807, 2.05) is 0 Å². The summed E-state index contributed by atoms with van der Waals surface area (Å²) in [5.41, 5.74) is -1.18. The third-order valence-electron chi connectivity index (χ3n) is 2.96. The lowest BCUT2D eigenvalue weighted by Gasteiger charge is -2.09. The summed E-state index contributed by atoms with van der Waals surface area (Å²) < 4.78 is 67.4. The van der Waals surface area contributed by atoms with Gasteiger partial charge in [-0.05, 0) is 13.8 Å². The first-order valence-electron chi connectivity index (χ1n) is 6.14. The van der Waals surface area contributed by atoms with Gasteiger partial charge in [-0.25, -0.2) is 22.0 Å². The SMILES string of the molecule is CCn1cc(C(=O)Nc2c(F)c(F)c(F)c(F)c2F)c(C)n1. The number of aromatic nitrogens is 2. The highest BCUT2D eigenvalue weighted by Crippen LogP contribution is 2.27. The second kappa shape index (κ2) is 5.74. The van der Waals surface area contributed by atoms with E-state index >= 15 is 0 Å². The molecule has 0 radical (unpaired) electrons. The molecule has 0 aliphatic carbocycles. The number of aryl methyl sites for hydroxylation is 2. The molecule has 4 nitrogen and oxygen atoms in total. The average molecular weight is 319 g/mol. The zero-order valence-electron chi connectivity index (χ0n) is 11.5. The number of rotatable bonds is 3. The molecule has 0 aliphatic rings. The first kappa shape index (κ1) is 15.9. The number of hydrogen-bond donors (Lipinski definition) is 1. The molecule has 1 aromatic heterocycles. The van der Waals surface area contributed by atoms with Crippen molar-refractivity contribution in [2.45, 2.75) is 20.4 Å².